The van der Waals surface area contributed by atoms with Gasteiger partial charge in [-0.05, 0) is 48.9 Å². The van der Waals surface area contributed by atoms with Crippen molar-refractivity contribution in [3.05, 3.63) is 64.1 Å². The number of carbonyl (C=O) groups excluding carboxylic acids is 1. The molecule has 1 atom stereocenters. The second-order valence-electron chi connectivity index (χ2n) is 5.65. The number of fused-ring (bicyclic) bond motifs is 1. The molecule has 3 N–H and O–H groups in total. The molecule has 0 radical (unpaired) electrons. The van der Waals surface area contributed by atoms with Gasteiger partial charge in [-0.15, -0.1) is 13.2 Å². The van der Waals surface area contributed by atoms with Crippen molar-refractivity contribution in [2.75, 3.05) is 0 Å². The Morgan fingerprint density at radius 1 is 1.08 bits per heavy atom. The fourth-order valence-electron chi connectivity index (χ4n) is 2.49. The summed E-state index contributed by atoms with van der Waals surface area (Å²) in [6, 6.07) is 9.47. The number of nitrogens with one attached hydrogen (secondary N) is 3. The lowest BCUT2D eigenvalue weighted by Crippen LogP contribution is -2.26. The lowest BCUT2D eigenvalue weighted by Gasteiger charge is -2.15. The van der Waals surface area contributed by atoms with E-state index in [1.807, 2.05) is 0 Å². The van der Waals surface area contributed by atoms with Crippen LogP contribution in [0.1, 0.15) is 28.9 Å². The lowest BCUT2D eigenvalue weighted by molar-refractivity contribution is -0.274. The number of imidazole rings is 1. The van der Waals surface area contributed by atoms with Gasteiger partial charge < -0.3 is 20.0 Å². The fraction of sp³-hybridized carbons (Fsp3) is 0.176. The number of benzene rings is 2. The van der Waals surface area contributed by atoms with E-state index in [0.717, 1.165) is 17.7 Å². The highest BCUT2D eigenvalue weighted by molar-refractivity contribution is 5.94. The highest BCUT2D eigenvalue weighted by atomic mass is 19.4. The maximum absolute atomic E-state index is 12.3. The Balaban J connectivity index is 1.70. The van der Waals surface area contributed by atoms with Crippen LogP contribution in [-0.2, 0) is 0 Å². The predicted molar refractivity (Wildman–Crippen MR) is 87.9 cm³/mol. The highest BCUT2D eigenvalue weighted by Gasteiger charge is 2.31. The van der Waals surface area contributed by atoms with Crippen molar-refractivity contribution in [3.63, 3.8) is 0 Å². The monoisotopic (exact) mass is 365 g/mol. The summed E-state index contributed by atoms with van der Waals surface area (Å²) in [7, 11) is 0. The first kappa shape index (κ1) is 17.6. The average Bonchev–Trinajstić information content (AvgIpc) is 2.93. The molecular formula is C17H14F3N3O3. The molecule has 0 aliphatic heterocycles. The van der Waals surface area contributed by atoms with E-state index in [1.165, 1.54) is 12.1 Å². The Labute approximate surface area is 145 Å². The van der Waals surface area contributed by atoms with E-state index in [2.05, 4.69) is 20.0 Å². The minimum atomic E-state index is -4.78. The number of aromatic nitrogens is 2. The van der Waals surface area contributed by atoms with Crippen LogP contribution in [0.15, 0.2) is 47.3 Å². The molecule has 26 heavy (non-hydrogen) atoms. The summed E-state index contributed by atoms with van der Waals surface area (Å²) in [4.78, 5) is 28.8. The number of ether oxygens (including phenoxy) is 1. The van der Waals surface area contributed by atoms with Gasteiger partial charge in [0.25, 0.3) is 5.91 Å². The van der Waals surface area contributed by atoms with Crippen molar-refractivity contribution < 1.29 is 22.7 Å². The molecule has 0 saturated heterocycles. The Hall–Kier alpha value is -3.23. The number of hydrogen-bond acceptors (Lipinski definition) is 3. The number of rotatable bonds is 4. The van der Waals surface area contributed by atoms with Gasteiger partial charge in [0.05, 0.1) is 17.1 Å². The number of carbonyl (C=O) groups is 1. The first-order valence-corrected chi connectivity index (χ1v) is 7.60. The summed E-state index contributed by atoms with van der Waals surface area (Å²) in [5.41, 5.74) is 1.90. The standard InChI is InChI=1S/C17H14F3N3O3/c1-9(11-4-7-13-14(8-11)23-16(25)22-13)21-15(24)10-2-5-12(6-3-10)26-17(18,19)20/h2-9H,1H3,(H,21,24)(H2,22,23,25)/t9-/m1/s1. The molecule has 0 aliphatic carbocycles. The van der Waals surface area contributed by atoms with Crippen LogP contribution in [0, 0.1) is 0 Å². The topological polar surface area (TPSA) is 87.0 Å². The van der Waals surface area contributed by atoms with Gasteiger partial charge in [-0.25, -0.2) is 4.79 Å². The Morgan fingerprint density at radius 3 is 2.38 bits per heavy atom. The largest absolute Gasteiger partial charge is 0.573 e. The van der Waals surface area contributed by atoms with Gasteiger partial charge in [-0.1, -0.05) is 6.07 Å². The molecule has 0 bridgehead atoms. The molecule has 1 aromatic heterocycles. The van der Waals surface area contributed by atoms with E-state index in [1.54, 1.807) is 25.1 Å². The average molecular weight is 365 g/mol. The van der Waals surface area contributed by atoms with Crippen LogP contribution in [-0.4, -0.2) is 22.2 Å². The summed E-state index contributed by atoms with van der Waals surface area (Å²) in [6.45, 7) is 1.75. The van der Waals surface area contributed by atoms with Crippen molar-refractivity contribution in [1.82, 2.24) is 15.3 Å². The molecule has 0 unspecified atom stereocenters. The molecule has 3 aromatic rings. The third-order valence-electron chi connectivity index (χ3n) is 3.74. The smallest absolute Gasteiger partial charge is 0.406 e. The molecule has 6 nitrogen and oxygen atoms in total. The number of aromatic amines is 2. The van der Waals surface area contributed by atoms with E-state index in [9.17, 15) is 22.8 Å². The van der Waals surface area contributed by atoms with E-state index in [0.29, 0.717) is 11.0 Å². The molecule has 0 fully saturated rings. The maximum Gasteiger partial charge on any atom is 0.573 e. The minimum absolute atomic E-state index is 0.197. The minimum Gasteiger partial charge on any atom is -0.406 e. The Kier molecular flexibility index (Phi) is 4.45. The number of amides is 1. The lowest BCUT2D eigenvalue weighted by atomic mass is 10.1. The third kappa shape index (κ3) is 4.05. The molecule has 3 rings (SSSR count). The maximum atomic E-state index is 12.3. The summed E-state index contributed by atoms with van der Waals surface area (Å²) < 4.78 is 40.2. The van der Waals surface area contributed by atoms with Crippen LogP contribution < -0.4 is 15.7 Å². The molecule has 1 amide bonds. The zero-order chi connectivity index (χ0) is 18.9. The van der Waals surface area contributed by atoms with E-state index >= 15 is 0 Å². The molecule has 9 heteroatoms. The molecule has 0 aliphatic rings. The van der Waals surface area contributed by atoms with Crippen LogP contribution in [0.3, 0.4) is 0 Å². The van der Waals surface area contributed by atoms with Gasteiger partial charge in [0.2, 0.25) is 0 Å². The number of alkyl halides is 3. The molecular weight excluding hydrogens is 351 g/mol. The predicted octanol–water partition coefficient (Wildman–Crippen LogP) is 3.25. The SMILES string of the molecule is C[C@@H](NC(=O)c1ccc(OC(F)(F)F)cc1)c1ccc2[nH]c(=O)[nH]c2c1. The number of halogens is 3. The quantitative estimate of drug-likeness (QED) is 0.663. The molecule has 0 spiro atoms. The van der Waals surface area contributed by atoms with Crippen molar-refractivity contribution in [2.45, 2.75) is 19.3 Å². The van der Waals surface area contributed by atoms with Crippen LogP contribution >= 0.6 is 0 Å². The molecule has 136 valence electrons. The normalized spacial score (nSPS) is 12.8. The van der Waals surface area contributed by atoms with Gasteiger partial charge in [0.1, 0.15) is 5.75 Å². The Bertz CT molecular complexity index is 990. The van der Waals surface area contributed by atoms with Gasteiger partial charge in [-0.3, -0.25) is 4.79 Å². The highest BCUT2D eigenvalue weighted by Crippen LogP contribution is 2.23. The van der Waals surface area contributed by atoms with Gasteiger partial charge in [0, 0.05) is 5.56 Å². The molecule has 1 heterocycles. The van der Waals surface area contributed by atoms with Crippen LogP contribution in [0.4, 0.5) is 13.2 Å². The zero-order valence-electron chi connectivity index (χ0n) is 13.5. The zero-order valence-corrected chi connectivity index (χ0v) is 13.5. The first-order valence-electron chi connectivity index (χ1n) is 7.60. The summed E-state index contributed by atoms with van der Waals surface area (Å²) in [5.74, 6) is -0.845. The number of H-pyrrole nitrogens is 2. The van der Waals surface area contributed by atoms with Gasteiger partial charge in [-0.2, -0.15) is 0 Å². The van der Waals surface area contributed by atoms with E-state index < -0.39 is 18.0 Å². The van der Waals surface area contributed by atoms with Gasteiger partial charge >= 0.3 is 12.1 Å². The summed E-state index contributed by atoms with van der Waals surface area (Å²) >= 11 is 0. The second-order valence-corrected chi connectivity index (χ2v) is 5.65. The molecule has 2 aromatic carbocycles. The van der Waals surface area contributed by atoms with Crippen LogP contribution in [0.5, 0.6) is 5.75 Å². The van der Waals surface area contributed by atoms with E-state index in [-0.39, 0.29) is 17.3 Å². The third-order valence-corrected chi connectivity index (χ3v) is 3.74. The van der Waals surface area contributed by atoms with Crippen LogP contribution in [0.2, 0.25) is 0 Å². The summed E-state index contributed by atoms with van der Waals surface area (Å²) in [6.07, 6.45) is -4.78. The first-order chi connectivity index (χ1) is 12.2. The van der Waals surface area contributed by atoms with E-state index in [4.69, 9.17) is 0 Å². The van der Waals surface area contributed by atoms with Crippen molar-refractivity contribution in [3.8, 4) is 5.75 Å². The fourth-order valence-corrected chi connectivity index (χ4v) is 2.49. The van der Waals surface area contributed by atoms with Gasteiger partial charge in [0.15, 0.2) is 0 Å². The molecule has 0 saturated carbocycles. The Morgan fingerprint density at radius 2 is 1.73 bits per heavy atom. The van der Waals surface area contributed by atoms with Crippen molar-refractivity contribution in [1.29, 1.82) is 0 Å². The number of hydrogen-bond donors (Lipinski definition) is 3. The van der Waals surface area contributed by atoms with Crippen molar-refractivity contribution >= 4 is 16.9 Å². The van der Waals surface area contributed by atoms with Crippen molar-refractivity contribution in [2.24, 2.45) is 0 Å². The van der Waals surface area contributed by atoms with Crippen LogP contribution in [0.25, 0.3) is 11.0 Å². The summed E-state index contributed by atoms with van der Waals surface area (Å²) in [5, 5.41) is 2.75. The second kappa shape index (κ2) is 6.58.